The van der Waals surface area contributed by atoms with Crippen molar-refractivity contribution in [2.45, 2.75) is 200 Å². The summed E-state index contributed by atoms with van der Waals surface area (Å²) in [6.07, 6.45) is 60.1. The molecule has 0 aliphatic rings. The van der Waals surface area contributed by atoms with Gasteiger partial charge >= 0.3 is 17.9 Å². The van der Waals surface area contributed by atoms with Crippen LogP contribution in [-0.4, -0.2) is 37.2 Å². The molecule has 0 aliphatic carbocycles. The topological polar surface area (TPSA) is 78.9 Å². The predicted molar refractivity (Wildman–Crippen MR) is 247 cm³/mol. The van der Waals surface area contributed by atoms with E-state index in [0.29, 0.717) is 19.3 Å². The van der Waals surface area contributed by atoms with E-state index in [4.69, 9.17) is 14.2 Å². The normalized spacial score (nSPS) is 12.9. The summed E-state index contributed by atoms with van der Waals surface area (Å²) in [6.45, 7) is 6.34. The van der Waals surface area contributed by atoms with Crippen molar-refractivity contribution in [3.05, 3.63) is 97.2 Å². The van der Waals surface area contributed by atoms with Crippen LogP contribution in [0.1, 0.15) is 194 Å². The third kappa shape index (κ3) is 43.5. The number of hydrogen-bond donors (Lipinski definition) is 0. The fourth-order valence-corrected chi connectivity index (χ4v) is 5.87. The molecule has 0 N–H and O–H groups in total. The van der Waals surface area contributed by atoms with E-state index in [-0.39, 0.29) is 31.1 Å². The molecule has 0 spiro atoms. The SMILES string of the molecule is CC/C=C\C/C=C\C/C=C\C/C=C\C/C=C\C/C=C\C/C=C\C/C=C\CCCCC(=O)OCC(COC(=O)CCCCCCC)OC(=O)CCCCCCCCCC. The monoisotopic (exact) mass is 805 g/mol. The van der Waals surface area contributed by atoms with Crippen LogP contribution in [0, 0.1) is 0 Å². The van der Waals surface area contributed by atoms with Gasteiger partial charge in [-0.15, -0.1) is 0 Å². The van der Waals surface area contributed by atoms with Crippen LogP contribution < -0.4 is 0 Å². The number of esters is 3. The van der Waals surface area contributed by atoms with Gasteiger partial charge < -0.3 is 14.2 Å². The van der Waals surface area contributed by atoms with Gasteiger partial charge in [0.2, 0.25) is 0 Å². The second kappa shape index (κ2) is 46.0. The minimum absolute atomic E-state index is 0.0924. The number of carbonyl (C=O) groups is 3. The molecule has 0 saturated carbocycles. The highest BCUT2D eigenvalue weighted by Crippen LogP contribution is 2.12. The van der Waals surface area contributed by atoms with Crippen molar-refractivity contribution < 1.29 is 28.6 Å². The summed E-state index contributed by atoms with van der Waals surface area (Å²) >= 11 is 0. The van der Waals surface area contributed by atoms with Crippen molar-refractivity contribution in [2.24, 2.45) is 0 Å². The largest absolute Gasteiger partial charge is 0.462 e. The summed E-state index contributed by atoms with van der Waals surface area (Å²) in [5.41, 5.74) is 0. The molecule has 6 nitrogen and oxygen atoms in total. The van der Waals surface area contributed by atoms with E-state index in [9.17, 15) is 14.4 Å². The molecule has 328 valence electrons. The molecule has 0 aromatic rings. The number of carbonyl (C=O) groups excluding carboxylic acids is 3. The summed E-state index contributed by atoms with van der Waals surface area (Å²) in [6, 6.07) is 0. The van der Waals surface area contributed by atoms with Crippen LogP contribution in [0.15, 0.2) is 97.2 Å². The highest BCUT2D eigenvalue weighted by Gasteiger charge is 2.19. The Labute approximate surface area is 356 Å². The molecule has 0 aliphatic heterocycles. The first kappa shape index (κ1) is 54.3. The Kier molecular flexibility index (Phi) is 43.1. The van der Waals surface area contributed by atoms with Crippen LogP contribution in [0.25, 0.3) is 0 Å². The maximum Gasteiger partial charge on any atom is 0.306 e. The molecule has 1 atom stereocenters. The van der Waals surface area contributed by atoms with Crippen LogP contribution in [0.5, 0.6) is 0 Å². The van der Waals surface area contributed by atoms with Gasteiger partial charge in [-0.1, -0.05) is 189 Å². The number of allylic oxidation sites excluding steroid dienone is 16. The molecular weight excluding hydrogens is 721 g/mol. The van der Waals surface area contributed by atoms with Gasteiger partial charge in [-0.3, -0.25) is 14.4 Å². The van der Waals surface area contributed by atoms with E-state index in [2.05, 4.69) is 118 Å². The third-order valence-corrected chi connectivity index (χ3v) is 9.35. The summed E-state index contributed by atoms with van der Waals surface area (Å²) < 4.78 is 16.5. The van der Waals surface area contributed by atoms with Gasteiger partial charge in [-0.05, 0) is 83.5 Å². The number of unbranched alkanes of at least 4 members (excludes halogenated alkanes) is 13. The molecule has 0 saturated heterocycles. The smallest absolute Gasteiger partial charge is 0.306 e. The number of ether oxygens (including phenoxy) is 3. The van der Waals surface area contributed by atoms with Crippen molar-refractivity contribution in [3.8, 4) is 0 Å². The summed E-state index contributed by atoms with van der Waals surface area (Å²) in [7, 11) is 0. The minimum Gasteiger partial charge on any atom is -0.462 e. The lowest BCUT2D eigenvalue weighted by Gasteiger charge is -2.18. The second-order valence-electron chi connectivity index (χ2n) is 14.9. The maximum atomic E-state index is 12.6. The van der Waals surface area contributed by atoms with E-state index in [0.717, 1.165) is 116 Å². The highest BCUT2D eigenvalue weighted by atomic mass is 16.6. The van der Waals surface area contributed by atoms with Gasteiger partial charge in [0.25, 0.3) is 0 Å². The summed E-state index contributed by atoms with van der Waals surface area (Å²) in [5.74, 6) is -0.967. The molecule has 0 radical (unpaired) electrons. The zero-order valence-corrected chi connectivity index (χ0v) is 37.3. The Morgan fingerprint density at radius 2 is 0.672 bits per heavy atom. The lowest BCUT2D eigenvalue weighted by Crippen LogP contribution is -2.30. The Morgan fingerprint density at radius 1 is 0.362 bits per heavy atom. The van der Waals surface area contributed by atoms with E-state index in [1.165, 1.54) is 38.5 Å². The molecule has 0 amide bonds. The Balaban J connectivity index is 4.19. The van der Waals surface area contributed by atoms with Crippen molar-refractivity contribution in [1.29, 1.82) is 0 Å². The first-order chi connectivity index (χ1) is 28.5. The fraction of sp³-hybridized carbons (Fsp3) is 0.635. The quantitative estimate of drug-likeness (QED) is 0.0266. The number of rotatable bonds is 40. The first-order valence-electron chi connectivity index (χ1n) is 23.2. The molecule has 0 bridgehead atoms. The molecular formula is C52H84O6. The van der Waals surface area contributed by atoms with Gasteiger partial charge in [0, 0.05) is 19.3 Å². The Hall–Kier alpha value is -3.67. The van der Waals surface area contributed by atoms with Gasteiger partial charge in [-0.2, -0.15) is 0 Å². The second-order valence-corrected chi connectivity index (χ2v) is 14.9. The standard InChI is InChI=1S/C52H84O6/c1-4-7-10-13-15-17-18-19-20-21-22-23-24-25-26-27-28-29-30-31-32-33-34-35-37-39-42-45-51(54)57-48-49(47-56-50(53)44-41-38-12-9-6-3)58-52(55)46-43-40-36-16-14-11-8-5-2/h7,10,15,17,19-20,22-23,25-26,28-29,31-32,34-35,49H,4-6,8-9,11-14,16,18,21,24,27,30,33,36-48H2,1-3H3/b10-7-,17-15-,20-19-,23-22-,26-25-,29-28-,32-31-,35-34-. The van der Waals surface area contributed by atoms with E-state index < -0.39 is 6.10 Å². The predicted octanol–water partition coefficient (Wildman–Crippen LogP) is 15.0. The third-order valence-electron chi connectivity index (χ3n) is 9.35. The van der Waals surface area contributed by atoms with Crippen LogP contribution in [0.4, 0.5) is 0 Å². The van der Waals surface area contributed by atoms with Gasteiger partial charge in [0.15, 0.2) is 6.10 Å². The lowest BCUT2D eigenvalue weighted by molar-refractivity contribution is -0.167. The highest BCUT2D eigenvalue weighted by molar-refractivity contribution is 5.71. The van der Waals surface area contributed by atoms with Crippen LogP contribution in [-0.2, 0) is 28.6 Å². The van der Waals surface area contributed by atoms with Crippen molar-refractivity contribution in [2.75, 3.05) is 13.2 Å². The van der Waals surface area contributed by atoms with Crippen molar-refractivity contribution in [1.82, 2.24) is 0 Å². The van der Waals surface area contributed by atoms with E-state index >= 15 is 0 Å². The maximum absolute atomic E-state index is 12.6. The van der Waals surface area contributed by atoms with E-state index in [1.54, 1.807) is 0 Å². The van der Waals surface area contributed by atoms with Gasteiger partial charge in [-0.25, -0.2) is 0 Å². The molecule has 0 aromatic carbocycles. The Bertz CT molecular complexity index is 1200. The van der Waals surface area contributed by atoms with Gasteiger partial charge in [0.05, 0.1) is 0 Å². The van der Waals surface area contributed by atoms with Crippen molar-refractivity contribution >= 4 is 17.9 Å². The average Bonchev–Trinajstić information content (AvgIpc) is 3.22. The van der Waals surface area contributed by atoms with Crippen LogP contribution >= 0.6 is 0 Å². The lowest BCUT2D eigenvalue weighted by atomic mass is 10.1. The first-order valence-corrected chi connectivity index (χ1v) is 23.2. The molecule has 0 fully saturated rings. The average molecular weight is 805 g/mol. The van der Waals surface area contributed by atoms with Crippen LogP contribution in [0.2, 0.25) is 0 Å². The summed E-state index contributed by atoms with van der Waals surface area (Å²) in [4.78, 5) is 37.3. The fourth-order valence-electron chi connectivity index (χ4n) is 5.87. The molecule has 58 heavy (non-hydrogen) atoms. The zero-order chi connectivity index (χ0) is 42.3. The molecule has 6 heteroatoms. The minimum atomic E-state index is -0.787. The molecule has 0 rings (SSSR count). The number of hydrogen-bond acceptors (Lipinski definition) is 6. The van der Waals surface area contributed by atoms with Crippen molar-refractivity contribution in [3.63, 3.8) is 0 Å². The molecule has 0 aromatic heterocycles. The van der Waals surface area contributed by atoms with E-state index in [1.807, 2.05) is 0 Å². The van der Waals surface area contributed by atoms with Crippen LogP contribution in [0.3, 0.4) is 0 Å². The molecule has 1 unspecified atom stereocenters. The summed E-state index contributed by atoms with van der Waals surface area (Å²) in [5, 5.41) is 0. The zero-order valence-electron chi connectivity index (χ0n) is 37.3. The van der Waals surface area contributed by atoms with Gasteiger partial charge in [0.1, 0.15) is 13.2 Å². The Morgan fingerprint density at radius 3 is 1.05 bits per heavy atom. The molecule has 0 heterocycles.